The van der Waals surface area contributed by atoms with Crippen LogP contribution in [0.1, 0.15) is 142 Å². The molecule has 0 aromatic rings. The Kier molecular flexibility index (Phi) is 17.7. The van der Waals surface area contributed by atoms with Crippen molar-refractivity contribution in [2.45, 2.75) is 154 Å². The smallest absolute Gasteiger partial charge is 0.306 e. The molecule has 0 amide bonds. The third-order valence-electron chi connectivity index (χ3n) is 6.24. The van der Waals surface area contributed by atoms with E-state index in [1.165, 1.54) is 96.3 Å². The molecule has 0 N–H and O–H groups in total. The van der Waals surface area contributed by atoms with Crippen LogP contribution in [0.15, 0.2) is 0 Å². The SMILES string of the molecule is CCCCCCCCCCCCCCCCCC(=O)O[C@@H](C)CC[C@@H]1CCCO1. The number of hydrogen-bond donors (Lipinski definition) is 0. The molecule has 1 fully saturated rings. The van der Waals surface area contributed by atoms with Crippen molar-refractivity contribution in [2.24, 2.45) is 0 Å². The van der Waals surface area contributed by atoms with Gasteiger partial charge in [-0.2, -0.15) is 0 Å². The highest BCUT2D eigenvalue weighted by Gasteiger charge is 2.17. The molecule has 1 rings (SSSR count). The van der Waals surface area contributed by atoms with Crippen LogP contribution in [-0.2, 0) is 14.3 Å². The van der Waals surface area contributed by atoms with Crippen molar-refractivity contribution < 1.29 is 14.3 Å². The minimum Gasteiger partial charge on any atom is -0.463 e. The van der Waals surface area contributed by atoms with Gasteiger partial charge in [-0.25, -0.2) is 0 Å². The lowest BCUT2D eigenvalue weighted by Gasteiger charge is -2.15. The molecule has 0 aromatic carbocycles. The van der Waals surface area contributed by atoms with Gasteiger partial charge in [0.25, 0.3) is 0 Å². The van der Waals surface area contributed by atoms with Crippen LogP contribution in [0.3, 0.4) is 0 Å². The second-order valence-electron chi connectivity index (χ2n) is 9.21. The highest BCUT2D eigenvalue weighted by molar-refractivity contribution is 5.69. The number of ether oxygens (including phenoxy) is 2. The first-order valence-electron chi connectivity index (χ1n) is 13.0. The molecular weight excluding hydrogens is 360 g/mol. The lowest BCUT2D eigenvalue weighted by molar-refractivity contribution is -0.148. The third kappa shape index (κ3) is 16.9. The normalized spacial score (nSPS) is 17.5. The van der Waals surface area contributed by atoms with E-state index in [4.69, 9.17) is 9.47 Å². The van der Waals surface area contributed by atoms with Crippen LogP contribution in [0, 0.1) is 0 Å². The first-order chi connectivity index (χ1) is 14.2. The second-order valence-corrected chi connectivity index (χ2v) is 9.21. The van der Waals surface area contributed by atoms with E-state index in [0.29, 0.717) is 12.5 Å². The molecule has 2 atom stereocenters. The molecule has 0 aliphatic carbocycles. The molecule has 3 heteroatoms. The Morgan fingerprint density at radius 1 is 0.862 bits per heavy atom. The highest BCUT2D eigenvalue weighted by atomic mass is 16.5. The van der Waals surface area contributed by atoms with Gasteiger partial charge in [0, 0.05) is 13.0 Å². The van der Waals surface area contributed by atoms with Gasteiger partial charge in [-0.15, -0.1) is 0 Å². The van der Waals surface area contributed by atoms with Gasteiger partial charge in [0.15, 0.2) is 0 Å². The maximum atomic E-state index is 11.9. The fourth-order valence-corrected chi connectivity index (χ4v) is 4.28. The molecule has 0 saturated carbocycles. The minimum absolute atomic E-state index is 0.0143. The van der Waals surface area contributed by atoms with Gasteiger partial charge in [0.2, 0.25) is 0 Å². The van der Waals surface area contributed by atoms with E-state index in [2.05, 4.69) is 6.92 Å². The fraction of sp³-hybridized carbons (Fsp3) is 0.962. The Labute approximate surface area is 181 Å². The Morgan fingerprint density at radius 2 is 1.38 bits per heavy atom. The number of esters is 1. The van der Waals surface area contributed by atoms with E-state index in [1.807, 2.05) is 6.92 Å². The van der Waals surface area contributed by atoms with Gasteiger partial charge in [-0.3, -0.25) is 4.79 Å². The molecule has 1 heterocycles. The topological polar surface area (TPSA) is 35.5 Å². The van der Waals surface area contributed by atoms with Gasteiger partial charge in [-0.1, -0.05) is 96.8 Å². The van der Waals surface area contributed by atoms with Crippen molar-refractivity contribution in [3.63, 3.8) is 0 Å². The van der Waals surface area contributed by atoms with Crippen LogP contribution < -0.4 is 0 Å². The molecule has 0 unspecified atom stereocenters. The molecule has 1 aliphatic heterocycles. The fourth-order valence-electron chi connectivity index (χ4n) is 4.28. The van der Waals surface area contributed by atoms with Gasteiger partial charge < -0.3 is 9.47 Å². The predicted octanol–water partition coefficient (Wildman–Crippen LogP) is 8.14. The molecular formula is C26H50O3. The number of hydrogen-bond acceptors (Lipinski definition) is 3. The van der Waals surface area contributed by atoms with E-state index >= 15 is 0 Å². The predicted molar refractivity (Wildman–Crippen MR) is 123 cm³/mol. The molecule has 0 bridgehead atoms. The molecule has 0 radical (unpaired) electrons. The first kappa shape index (κ1) is 26.5. The van der Waals surface area contributed by atoms with Gasteiger partial charge >= 0.3 is 5.97 Å². The summed E-state index contributed by atoms with van der Waals surface area (Å²) in [7, 11) is 0. The van der Waals surface area contributed by atoms with Gasteiger partial charge in [0.05, 0.1) is 12.2 Å². The molecule has 0 aromatic heterocycles. The summed E-state index contributed by atoms with van der Waals surface area (Å²) in [6, 6.07) is 0. The molecule has 1 aliphatic rings. The van der Waals surface area contributed by atoms with Crippen molar-refractivity contribution in [2.75, 3.05) is 6.61 Å². The Balaban J connectivity index is 1.77. The lowest BCUT2D eigenvalue weighted by Crippen LogP contribution is -2.17. The van der Waals surface area contributed by atoms with Crippen molar-refractivity contribution in [1.82, 2.24) is 0 Å². The summed E-state index contributed by atoms with van der Waals surface area (Å²) < 4.78 is 11.2. The Hall–Kier alpha value is -0.570. The van der Waals surface area contributed by atoms with Gasteiger partial charge in [0.1, 0.15) is 0 Å². The van der Waals surface area contributed by atoms with Crippen LogP contribution in [0.4, 0.5) is 0 Å². The van der Waals surface area contributed by atoms with Crippen LogP contribution in [0.2, 0.25) is 0 Å². The number of carbonyl (C=O) groups is 1. The number of rotatable bonds is 20. The van der Waals surface area contributed by atoms with Crippen molar-refractivity contribution >= 4 is 5.97 Å². The van der Waals surface area contributed by atoms with Crippen LogP contribution in [0.5, 0.6) is 0 Å². The maximum absolute atomic E-state index is 11.9. The maximum Gasteiger partial charge on any atom is 0.306 e. The summed E-state index contributed by atoms with van der Waals surface area (Å²) in [5, 5.41) is 0. The van der Waals surface area contributed by atoms with E-state index in [9.17, 15) is 4.79 Å². The van der Waals surface area contributed by atoms with Crippen molar-refractivity contribution in [3.05, 3.63) is 0 Å². The zero-order valence-corrected chi connectivity index (χ0v) is 19.7. The van der Waals surface area contributed by atoms with E-state index in [0.717, 1.165) is 32.3 Å². The summed E-state index contributed by atoms with van der Waals surface area (Å²) in [6.07, 6.45) is 25.6. The Bertz CT molecular complexity index is 363. The molecule has 0 spiro atoms. The summed E-state index contributed by atoms with van der Waals surface area (Å²) in [5.74, 6) is -0.0143. The minimum atomic E-state index is -0.0143. The zero-order valence-electron chi connectivity index (χ0n) is 19.7. The molecule has 29 heavy (non-hydrogen) atoms. The molecule has 172 valence electrons. The number of unbranched alkanes of at least 4 members (excludes halogenated alkanes) is 14. The average molecular weight is 411 g/mol. The van der Waals surface area contributed by atoms with E-state index < -0.39 is 0 Å². The van der Waals surface area contributed by atoms with E-state index in [-0.39, 0.29) is 12.1 Å². The standard InChI is InChI=1S/C26H50O3/c1-3-4-5-6-7-8-9-10-11-12-13-14-15-16-17-20-26(27)29-24(2)21-22-25-19-18-23-28-25/h24-25H,3-23H2,1-2H3/t24-,25-/m0/s1. The summed E-state index contributed by atoms with van der Waals surface area (Å²) in [6.45, 7) is 5.20. The van der Waals surface area contributed by atoms with Crippen molar-refractivity contribution in [3.8, 4) is 0 Å². The lowest BCUT2D eigenvalue weighted by atomic mass is 10.0. The monoisotopic (exact) mass is 410 g/mol. The second kappa shape index (κ2) is 19.4. The number of carbonyl (C=O) groups excluding carboxylic acids is 1. The first-order valence-corrected chi connectivity index (χ1v) is 13.0. The van der Waals surface area contributed by atoms with Crippen LogP contribution >= 0.6 is 0 Å². The Morgan fingerprint density at radius 3 is 1.86 bits per heavy atom. The third-order valence-corrected chi connectivity index (χ3v) is 6.24. The van der Waals surface area contributed by atoms with Crippen LogP contribution in [-0.4, -0.2) is 24.8 Å². The molecule has 1 saturated heterocycles. The van der Waals surface area contributed by atoms with Gasteiger partial charge in [-0.05, 0) is 39.0 Å². The van der Waals surface area contributed by atoms with Crippen LogP contribution in [0.25, 0.3) is 0 Å². The quantitative estimate of drug-likeness (QED) is 0.150. The van der Waals surface area contributed by atoms with Crippen molar-refractivity contribution in [1.29, 1.82) is 0 Å². The largest absolute Gasteiger partial charge is 0.463 e. The molecule has 3 nitrogen and oxygen atoms in total. The van der Waals surface area contributed by atoms with E-state index in [1.54, 1.807) is 0 Å². The summed E-state index contributed by atoms with van der Waals surface area (Å²) >= 11 is 0. The average Bonchev–Trinajstić information content (AvgIpc) is 3.23. The highest BCUT2D eigenvalue weighted by Crippen LogP contribution is 2.19. The summed E-state index contributed by atoms with van der Waals surface area (Å²) in [4.78, 5) is 11.9. The zero-order chi connectivity index (χ0) is 21.0. The summed E-state index contributed by atoms with van der Waals surface area (Å²) in [5.41, 5.74) is 0.